The number of aromatic amines is 1. The highest BCUT2D eigenvalue weighted by molar-refractivity contribution is 6.01. The van der Waals surface area contributed by atoms with Gasteiger partial charge in [-0.1, -0.05) is 20.3 Å². The van der Waals surface area contributed by atoms with Gasteiger partial charge in [-0.15, -0.1) is 12.3 Å². The van der Waals surface area contributed by atoms with Crippen LogP contribution in [0.1, 0.15) is 83.0 Å². The van der Waals surface area contributed by atoms with E-state index < -0.39 is 6.09 Å². The minimum Gasteiger partial charge on any atom is -0.463 e. The summed E-state index contributed by atoms with van der Waals surface area (Å²) in [4.78, 5) is 44.5. The molecule has 5 rings (SSSR count). The number of aliphatic imine (C=N–C) groups is 1. The van der Waals surface area contributed by atoms with Gasteiger partial charge in [0.25, 0.3) is 0 Å². The average Bonchev–Trinajstić information content (AvgIpc) is 3.25. The molecule has 0 saturated heterocycles. The van der Waals surface area contributed by atoms with Gasteiger partial charge in [-0.25, -0.2) is 19.7 Å². The molecule has 0 radical (unpaired) electrons. The summed E-state index contributed by atoms with van der Waals surface area (Å²) in [5, 5.41) is 12.8. The second kappa shape index (κ2) is 11.7. The lowest BCUT2D eigenvalue weighted by Gasteiger charge is -2.32. The Labute approximate surface area is 239 Å². The van der Waals surface area contributed by atoms with Gasteiger partial charge in [0.05, 0.1) is 5.69 Å². The average molecular weight is 559 g/mol. The molecular formula is C30H38N8O3. The predicted octanol–water partition coefficient (Wildman–Crippen LogP) is 4.73. The highest BCUT2D eigenvalue weighted by Gasteiger charge is 2.29. The quantitative estimate of drug-likeness (QED) is 0.175. The number of pyridine rings is 1. The fourth-order valence-corrected chi connectivity index (χ4v) is 5.85. The fraction of sp³-hybridized carbons (Fsp3) is 0.533. The van der Waals surface area contributed by atoms with Crippen molar-refractivity contribution in [2.45, 2.75) is 84.2 Å². The largest absolute Gasteiger partial charge is 0.463 e. The number of imidazole rings is 1. The number of hydrogen-bond donors (Lipinski definition) is 4. The van der Waals surface area contributed by atoms with Gasteiger partial charge in [-0.3, -0.25) is 4.79 Å². The molecule has 2 saturated carbocycles. The number of nitrogens with zero attached hydrogens (tertiary/aromatic N) is 5. The zero-order valence-corrected chi connectivity index (χ0v) is 23.9. The minimum absolute atomic E-state index is 0.0154. The van der Waals surface area contributed by atoms with Crippen molar-refractivity contribution in [1.29, 1.82) is 0 Å². The first-order valence-corrected chi connectivity index (χ1v) is 14.5. The molecule has 2 fully saturated rings. The molecular weight excluding hydrogens is 520 g/mol. The molecule has 11 heteroatoms. The van der Waals surface area contributed by atoms with E-state index in [9.17, 15) is 14.7 Å². The topological polar surface area (TPSA) is 164 Å². The van der Waals surface area contributed by atoms with E-state index >= 15 is 0 Å². The fourth-order valence-electron chi connectivity index (χ4n) is 5.85. The summed E-state index contributed by atoms with van der Waals surface area (Å²) < 4.78 is 2.09. The summed E-state index contributed by atoms with van der Waals surface area (Å²) >= 11 is 0. The maximum atomic E-state index is 12.7. The van der Waals surface area contributed by atoms with Crippen LogP contribution in [0.3, 0.4) is 0 Å². The number of rotatable bonds is 8. The van der Waals surface area contributed by atoms with Crippen molar-refractivity contribution in [1.82, 2.24) is 24.5 Å². The normalized spacial score (nSPS) is 20.5. The molecule has 3 heterocycles. The number of terminal acetylenes is 1. The third-order valence-electron chi connectivity index (χ3n) is 8.57. The standard InChI is InChI=1S/C30H38N8O3/c1-5-18-9-11-19(12-10-18)15-38-24-26(32-17(4)20-7-6-8-20)35-28(25(31)34-30(40)41)36-27(24)37-29(38)22-13-21(16(2)3)14-23(39)33-22/h1,13-14,16-20H,6-12,15H2,2-4H3,(H2,31,34)(H,33,39)(H,40,41)(H,32,35,36). The number of carbonyl (C=O) groups is 1. The molecule has 2 aliphatic rings. The van der Waals surface area contributed by atoms with E-state index in [2.05, 4.69) is 42.7 Å². The number of amides is 1. The summed E-state index contributed by atoms with van der Waals surface area (Å²) in [6.45, 7) is 6.85. The monoisotopic (exact) mass is 558 g/mol. The molecule has 3 aromatic rings. The van der Waals surface area contributed by atoms with Crippen LogP contribution in [0, 0.1) is 30.1 Å². The number of nitrogens with two attached hydrogens (primary N) is 1. The first-order valence-electron chi connectivity index (χ1n) is 14.5. The molecule has 11 nitrogen and oxygen atoms in total. The van der Waals surface area contributed by atoms with Crippen LogP contribution in [0.15, 0.2) is 21.9 Å². The van der Waals surface area contributed by atoms with Gasteiger partial charge in [-0.05, 0) is 74.8 Å². The number of nitrogens with one attached hydrogen (secondary N) is 2. The maximum absolute atomic E-state index is 12.7. The van der Waals surface area contributed by atoms with Crippen molar-refractivity contribution in [2.24, 2.45) is 28.5 Å². The summed E-state index contributed by atoms with van der Waals surface area (Å²) in [6, 6.07) is 3.68. The Hall–Kier alpha value is -4.20. The van der Waals surface area contributed by atoms with Crippen LogP contribution in [0.25, 0.3) is 22.7 Å². The number of hydrogen-bond acceptors (Lipinski definition) is 6. The van der Waals surface area contributed by atoms with Crippen molar-refractivity contribution in [3.05, 3.63) is 33.9 Å². The van der Waals surface area contributed by atoms with Crippen LogP contribution in [-0.4, -0.2) is 47.6 Å². The SMILES string of the molecule is C#CC1CCC(Cn2c(-c3cc(C(C)C)cc(=O)[nH]3)nc3nc(C(N)=NC(=O)O)nc(NC(C)C4CCC4)c32)CC1. The summed E-state index contributed by atoms with van der Waals surface area (Å²) in [5.74, 6) is 4.97. The Balaban J connectivity index is 1.70. The number of amidine groups is 1. The molecule has 3 aromatic heterocycles. The van der Waals surface area contributed by atoms with E-state index in [4.69, 9.17) is 17.1 Å². The van der Waals surface area contributed by atoms with E-state index in [1.165, 1.54) is 6.42 Å². The lowest BCUT2D eigenvalue weighted by molar-refractivity contribution is 0.205. The Morgan fingerprint density at radius 3 is 2.54 bits per heavy atom. The van der Waals surface area contributed by atoms with Crippen LogP contribution in [0.2, 0.25) is 0 Å². The summed E-state index contributed by atoms with van der Waals surface area (Å²) in [7, 11) is 0. The van der Waals surface area contributed by atoms with E-state index in [0.717, 1.165) is 44.1 Å². The van der Waals surface area contributed by atoms with Crippen LogP contribution < -0.4 is 16.6 Å². The molecule has 2 aliphatic carbocycles. The highest BCUT2D eigenvalue weighted by Crippen LogP contribution is 2.36. The predicted molar refractivity (Wildman–Crippen MR) is 159 cm³/mol. The molecule has 0 aliphatic heterocycles. The number of H-pyrrole nitrogens is 1. The van der Waals surface area contributed by atoms with Gasteiger partial charge in [0.2, 0.25) is 5.56 Å². The van der Waals surface area contributed by atoms with E-state index in [1.807, 2.05) is 19.9 Å². The van der Waals surface area contributed by atoms with E-state index in [-0.39, 0.29) is 29.2 Å². The van der Waals surface area contributed by atoms with Gasteiger partial charge in [-0.2, -0.15) is 4.99 Å². The van der Waals surface area contributed by atoms with Crippen LogP contribution in [0.4, 0.5) is 10.6 Å². The zero-order valence-electron chi connectivity index (χ0n) is 23.9. The first-order chi connectivity index (χ1) is 19.6. The Kier molecular flexibility index (Phi) is 8.10. The number of carboxylic acid groups (broad SMARTS) is 1. The lowest BCUT2D eigenvalue weighted by atomic mass is 9.80. The van der Waals surface area contributed by atoms with Crippen molar-refractivity contribution in [3.63, 3.8) is 0 Å². The number of aromatic nitrogens is 5. The maximum Gasteiger partial charge on any atom is 0.433 e. The Morgan fingerprint density at radius 2 is 1.93 bits per heavy atom. The van der Waals surface area contributed by atoms with Crippen molar-refractivity contribution < 1.29 is 9.90 Å². The van der Waals surface area contributed by atoms with Crippen molar-refractivity contribution >= 4 is 28.9 Å². The van der Waals surface area contributed by atoms with Crippen molar-refractivity contribution in [2.75, 3.05) is 5.32 Å². The molecule has 1 unspecified atom stereocenters. The van der Waals surface area contributed by atoms with Gasteiger partial charge in [0.15, 0.2) is 28.9 Å². The Bertz CT molecular complexity index is 1570. The van der Waals surface area contributed by atoms with Crippen LogP contribution >= 0.6 is 0 Å². The summed E-state index contributed by atoms with van der Waals surface area (Å²) in [5.41, 5.74) is 8.33. The third-order valence-corrected chi connectivity index (χ3v) is 8.57. The molecule has 0 spiro atoms. The van der Waals surface area contributed by atoms with E-state index in [0.29, 0.717) is 52.8 Å². The van der Waals surface area contributed by atoms with Crippen LogP contribution in [0.5, 0.6) is 0 Å². The smallest absolute Gasteiger partial charge is 0.433 e. The second-order valence-corrected chi connectivity index (χ2v) is 11.7. The molecule has 1 atom stereocenters. The lowest BCUT2D eigenvalue weighted by Crippen LogP contribution is -2.32. The van der Waals surface area contributed by atoms with Crippen molar-refractivity contribution in [3.8, 4) is 23.9 Å². The molecule has 0 bridgehead atoms. The zero-order chi connectivity index (χ0) is 29.3. The molecule has 5 N–H and O–H groups in total. The number of anilines is 1. The second-order valence-electron chi connectivity index (χ2n) is 11.7. The molecule has 1 amide bonds. The third kappa shape index (κ3) is 6.11. The van der Waals surface area contributed by atoms with Gasteiger partial charge in [0, 0.05) is 24.6 Å². The molecule has 41 heavy (non-hydrogen) atoms. The summed E-state index contributed by atoms with van der Waals surface area (Å²) in [6.07, 6.45) is 11.6. The molecule has 216 valence electrons. The minimum atomic E-state index is -1.43. The molecule has 0 aromatic carbocycles. The van der Waals surface area contributed by atoms with E-state index in [1.54, 1.807) is 6.07 Å². The van der Waals surface area contributed by atoms with Gasteiger partial charge < -0.3 is 25.7 Å². The van der Waals surface area contributed by atoms with Gasteiger partial charge in [0.1, 0.15) is 5.52 Å². The van der Waals surface area contributed by atoms with Crippen LogP contribution in [-0.2, 0) is 6.54 Å². The Morgan fingerprint density at radius 1 is 1.20 bits per heavy atom. The highest BCUT2D eigenvalue weighted by atomic mass is 16.4. The number of fused-ring (bicyclic) bond motifs is 1. The van der Waals surface area contributed by atoms with Gasteiger partial charge >= 0.3 is 6.09 Å². The first kappa shape index (κ1) is 28.3.